The van der Waals surface area contributed by atoms with Gasteiger partial charge in [0.2, 0.25) is 0 Å². The van der Waals surface area contributed by atoms with Gasteiger partial charge in [0.1, 0.15) is 6.61 Å². The lowest BCUT2D eigenvalue weighted by Gasteiger charge is -2.27. The molecule has 2 aliphatic rings. The molecule has 0 heterocycles. The molecule has 5 heteroatoms. The van der Waals surface area contributed by atoms with Crippen molar-refractivity contribution in [1.82, 2.24) is 5.32 Å². The Hall–Kier alpha value is -2.82. The molecular formula is C24H27NO4. The number of nitrogens with one attached hydrogen (secondary N) is 1. The fraction of sp³-hybridized carbons (Fsp3) is 0.417. The molecule has 1 fully saturated rings. The van der Waals surface area contributed by atoms with E-state index in [9.17, 15) is 14.7 Å². The zero-order valence-electron chi connectivity index (χ0n) is 17.1. The lowest BCUT2D eigenvalue weighted by molar-refractivity contribution is -0.149. The minimum Gasteiger partial charge on any atom is -0.481 e. The molecule has 2 aliphatic carbocycles. The number of aliphatic carboxylic acids is 1. The number of carbonyl (C=O) groups is 2. The van der Waals surface area contributed by atoms with Gasteiger partial charge in [0.25, 0.3) is 0 Å². The van der Waals surface area contributed by atoms with E-state index in [0.717, 1.165) is 11.1 Å². The number of carboxylic acid groups (broad SMARTS) is 1. The molecule has 0 bridgehead atoms. The molecule has 2 unspecified atom stereocenters. The maximum atomic E-state index is 12.6. The van der Waals surface area contributed by atoms with Crippen LogP contribution >= 0.6 is 0 Å². The summed E-state index contributed by atoms with van der Waals surface area (Å²) >= 11 is 0. The second-order valence-corrected chi connectivity index (χ2v) is 9.29. The van der Waals surface area contributed by atoms with E-state index in [1.165, 1.54) is 11.1 Å². The van der Waals surface area contributed by atoms with Gasteiger partial charge in [0.05, 0.1) is 5.41 Å². The van der Waals surface area contributed by atoms with Crippen molar-refractivity contribution in [1.29, 1.82) is 0 Å². The molecule has 2 atom stereocenters. The van der Waals surface area contributed by atoms with Crippen LogP contribution in [0, 0.1) is 10.8 Å². The van der Waals surface area contributed by atoms with Crippen LogP contribution in [0.4, 0.5) is 4.79 Å². The van der Waals surface area contributed by atoms with Crippen molar-refractivity contribution < 1.29 is 19.4 Å². The summed E-state index contributed by atoms with van der Waals surface area (Å²) in [5, 5.41) is 12.6. The van der Waals surface area contributed by atoms with E-state index in [0.29, 0.717) is 12.8 Å². The van der Waals surface area contributed by atoms with Crippen LogP contribution in [0.1, 0.15) is 50.7 Å². The number of rotatable bonds is 4. The maximum Gasteiger partial charge on any atom is 0.407 e. The van der Waals surface area contributed by atoms with Gasteiger partial charge in [-0.3, -0.25) is 4.79 Å². The summed E-state index contributed by atoms with van der Waals surface area (Å²) in [4.78, 5) is 24.4. The molecule has 0 aromatic heterocycles. The highest BCUT2D eigenvalue weighted by Gasteiger charge is 2.53. The molecule has 2 aromatic rings. The van der Waals surface area contributed by atoms with E-state index < -0.39 is 23.5 Å². The van der Waals surface area contributed by atoms with Gasteiger partial charge in [-0.05, 0) is 47.4 Å². The number of hydrogen-bond acceptors (Lipinski definition) is 3. The smallest absolute Gasteiger partial charge is 0.407 e. The minimum absolute atomic E-state index is 0.0148. The van der Waals surface area contributed by atoms with Crippen molar-refractivity contribution in [3.05, 3.63) is 59.7 Å². The van der Waals surface area contributed by atoms with E-state index in [2.05, 4.69) is 29.6 Å². The summed E-state index contributed by atoms with van der Waals surface area (Å²) < 4.78 is 5.60. The van der Waals surface area contributed by atoms with E-state index >= 15 is 0 Å². The first-order valence-electron chi connectivity index (χ1n) is 10.1. The number of carbonyl (C=O) groups excluding carboxylic acids is 1. The van der Waals surface area contributed by atoms with Crippen LogP contribution < -0.4 is 5.32 Å². The quantitative estimate of drug-likeness (QED) is 0.782. The fourth-order valence-corrected chi connectivity index (χ4v) is 5.18. The Morgan fingerprint density at radius 1 is 1.03 bits per heavy atom. The molecule has 0 radical (unpaired) electrons. The summed E-state index contributed by atoms with van der Waals surface area (Å²) in [7, 11) is 0. The maximum absolute atomic E-state index is 12.6. The van der Waals surface area contributed by atoms with E-state index in [1.807, 2.05) is 38.1 Å². The lowest BCUT2D eigenvalue weighted by Crippen LogP contribution is -2.47. The minimum atomic E-state index is -0.991. The van der Waals surface area contributed by atoms with Crippen molar-refractivity contribution in [3.8, 4) is 11.1 Å². The second-order valence-electron chi connectivity index (χ2n) is 9.29. The summed E-state index contributed by atoms with van der Waals surface area (Å²) in [6, 6.07) is 15.9. The topological polar surface area (TPSA) is 75.6 Å². The molecule has 152 valence electrons. The van der Waals surface area contributed by atoms with E-state index in [1.54, 1.807) is 6.92 Å². The Balaban J connectivity index is 1.47. The number of fused-ring (bicyclic) bond motifs is 3. The summed E-state index contributed by atoms with van der Waals surface area (Å²) in [6.45, 7) is 6.00. The Morgan fingerprint density at radius 2 is 1.59 bits per heavy atom. The number of alkyl carbamates (subject to hydrolysis) is 1. The molecule has 0 saturated heterocycles. The van der Waals surface area contributed by atoms with Gasteiger partial charge in [-0.25, -0.2) is 4.79 Å². The first-order chi connectivity index (χ1) is 13.7. The average molecular weight is 393 g/mol. The van der Waals surface area contributed by atoms with E-state index in [4.69, 9.17) is 4.74 Å². The van der Waals surface area contributed by atoms with Gasteiger partial charge in [-0.15, -0.1) is 0 Å². The van der Waals surface area contributed by atoms with Gasteiger partial charge in [0.15, 0.2) is 0 Å². The van der Waals surface area contributed by atoms with Crippen LogP contribution in [-0.4, -0.2) is 29.8 Å². The summed E-state index contributed by atoms with van der Waals surface area (Å²) in [5.41, 5.74) is 3.52. The standard InChI is InChI=1S/C24H27NO4/c1-23(2)12-20(24(3,14-23)21(26)27)25-22(28)29-13-19-17-10-6-4-8-15(17)16-9-5-7-11-18(16)19/h4-11,19-20H,12-14H2,1-3H3,(H,25,28)(H,26,27). The SMILES string of the molecule is CC1(C)CC(NC(=O)OCC2c3ccccc3-c3ccccc32)C(C)(C(=O)O)C1. The van der Waals surface area contributed by atoms with Gasteiger partial charge in [0, 0.05) is 12.0 Å². The Bertz CT molecular complexity index is 921. The first-order valence-corrected chi connectivity index (χ1v) is 10.1. The highest BCUT2D eigenvalue weighted by Crippen LogP contribution is 2.49. The third-order valence-electron chi connectivity index (χ3n) is 6.50. The van der Waals surface area contributed by atoms with Crippen LogP contribution in [0.5, 0.6) is 0 Å². The molecule has 29 heavy (non-hydrogen) atoms. The number of amides is 1. The molecular weight excluding hydrogens is 366 g/mol. The number of benzene rings is 2. The molecule has 2 N–H and O–H groups in total. The number of ether oxygens (including phenoxy) is 1. The Kier molecular flexibility index (Phi) is 4.64. The molecule has 0 spiro atoms. The van der Waals surface area contributed by atoms with Crippen LogP contribution in [-0.2, 0) is 9.53 Å². The van der Waals surface area contributed by atoms with Crippen molar-refractivity contribution in [2.24, 2.45) is 10.8 Å². The fourth-order valence-electron chi connectivity index (χ4n) is 5.18. The monoisotopic (exact) mass is 393 g/mol. The normalized spacial score (nSPS) is 24.6. The van der Waals surface area contributed by atoms with Crippen molar-refractivity contribution in [2.75, 3.05) is 6.61 Å². The van der Waals surface area contributed by atoms with E-state index in [-0.39, 0.29) is 17.9 Å². The second kappa shape index (κ2) is 6.90. The summed E-state index contributed by atoms with van der Waals surface area (Å²) in [6.07, 6.45) is 0.575. The highest BCUT2D eigenvalue weighted by atomic mass is 16.5. The molecule has 1 saturated carbocycles. The predicted molar refractivity (Wildman–Crippen MR) is 111 cm³/mol. The van der Waals surface area contributed by atoms with Crippen molar-refractivity contribution in [3.63, 3.8) is 0 Å². The number of carboxylic acids is 1. The zero-order valence-corrected chi connectivity index (χ0v) is 17.1. The van der Waals surface area contributed by atoms with Crippen LogP contribution in [0.15, 0.2) is 48.5 Å². The van der Waals surface area contributed by atoms with Gasteiger partial charge < -0.3 is 15.2 Å². The highest BCUT2D eigenvalue weighted by molar-refractivity contribution is 5.79. The van der Waals surface area contributed by atoms with Gasteiger partial charge >= 0.3 is 12.1 Å². The molecule has 5 nitrogen and oxygen atoms in total. The Labute approximate surface area is 171 Å². The zero-order chi connectivity index (χ0) is 20.8. The van der Waals surface area contributed by atoms with Crippen molar-refractivity contribution >= 4 is 12.1 Å². The molecule has 1 amide bonds. The van der Waals surface area contributed by atoms with Crippen LogP contribution in [0.25, 0.3) is 11.1 Å². The van der Waals surface area contributed by atoms with Crippen LogP contribution in [0.3, 0.4) is 0 Å². The largest absolute Gasteiger partial charge is 0.481 e. The molecule has 2 aromatic carbocycles. The van der Waals surface area contributed by atoms with Gasteiger partial charge in [-0.2, -0.15) is 0 Å². The third kappa shape index (κ3) is 3.39. The predicted octanol–water partition coefficient (Wildman–Crippen LogP) is 4.80. The summed E-state index contributed by atoms with van der Waals surface area (Å²) in [5.74, 6) is -0.897. The van der Waals surface area contributed by atoms with Gasteiger partial charge in [-0.1, -0.05) is 62.4 Å². The number of hydrogen-bond donors (Lipinski definition) is 2. The van der Waals surface area contributed by atoms with Crippen molar-refractivity contribution in [2.45, 2.75) is 45.6 Å². The lowest BCUT2D eigenvalue weighted by atomic mass is 9.82. The average Bonchev–Trinajstić information content (AvgIpc) is 3.11. The van der Waals surface area contributed by atoms with Crippen LogP contribution in [0.2, 0.25) is 0 Å². The third-order valence-corrected chi connectivity index (χ3v) is 6.50. The Morgan fingerprint density at radius 3 is 2.14 bits per heavy atom. The molecule has 0 aliphatic heterocycles. The molecule has 4 rings (SSSR count). The first kappa shape index (κ1) is 19.5.